The zero-order chi connectivity index (χ0) is 17.2. The van der Waals surface area contributed by atoms with Gasteiger partial charge in [0, 0.05) is 0 Å². The molecular formula is C15H18N4O4S. The van der Waals surface area contributed by atoms with Crippen LogP contribution in [0.3, 0.4) is 0 Å². The number of amides is 5. The van der Waals surface area contributed by atoms with Gasteiger partial charge >= 0.3 is 6.03 Å². The fourth-order valence-electron chi connectivity index (χ4n) is 3.04. The molecule has 0 radical (unpaired) electrons. The maximum absolute atomic E-state index is 12.5. The number of nitrogens with zero attached hydrogens (tertiary/aromatic N) is 1. The minimum absolute atomic E-state index is 0.319. The van der Waals surface area contributed by atoms with Crippen molar-refractivity contribution in [3.05, 3.63) is 22.4 Å². The van der Waals surface area contributed by atoms with Gasteiger partial charge in [0.15, 0.2) is 0 Å². The van der Waals surface area contributed by atoms with Crippen molar-refractivity contribution in [3.8, 4) is 0 Å². The van der Waals surface area contributed by atoms with E-state index in [1.54, 1.807) is 17.5 Å². The molecule has 5 amide bonds. The van der Waals surface area contributed by atoms with Crippen LogP contribution >= 0.6 is 11.3 Å². The predicted molar refractivity (Wildman–Crippen MR) is 86.0 cm³/mol. The van der Waals surface area contributed by atoms with Crippen LogP contribution in [0.1, 0.15) is 41.8 Å². The monoisotopic (exact) mass is 350 g/mol. The summed E-state index contributed by atoms with van der Waals surface area (Å²) in [5.41, 5.74) is 1.39. The van der Waals surface area contributed by atoms with E-state index in [0.717, 1.165) is 24.3 Å². The summed E-state index contributed by atoms with van der Waals surface area (Å²) in [5.74, 6) is -1.43. The second-order valence-electron chi connectivity index (χ2n) is 5.91. The second-order valence-corrected chi connectivity index (χ2v) is 6.86. The van der Waals surface area contributed by atoms with Crippen LogP contribution in [0.5, 0.6) is 0 Å². The summed E-state index contributed by atoms with van der Waals surface area (Å²) in [4.78, 5) is 48.7. The third kappa shape index (κ3) is 3.12. The Hall–Kier alpha value is -2.42. The number of imide groups is 1. The highest BCUT2D eigenvalue weighted by Crippen LogP contribution is 2.32. The predicted octanol–water partition coefficient (Wildman–Crippen LogP) is 0.764. The van der Waals surface area contributed by atoms with Gasteiger partial charge in [-0.25, -0.2) is 4.79 Å². The summed E-state index contributed by atoms with van der Waals surface area (Å²) >= 11 is 1.26. The molecule has 24 heavy (non-hydrogen) atoms. The minimum Gasteiger partial charge on any atom is -0.342 e. The van der Waals surface area contributed by atoms with E-state index in [1.807, 2.05) is 0 Å². The van der Waals surface area contributed by atoms with E-state index in [2.05, 4.69) is 16.1 Å². The molecule has 1 aliphatic heterocycles. The summed E-state index contributed by atoms with van der Waals surface area (Å²) in [6.07, 6.45) is 3.93. The molecule has 2 aliphatic rings. The van der Waals surface area contributed by atoms with Crippen LogP contribution < -0.4 is 16.1 Å². The van der Waals surface area contributed by atoms with Crippen LogP contribution in [0.15, 0.2) is 17.5 Å². The Labute approximate surface area is 142 Å². The van der Waals surface area contributed by atoms with Crippen LogP contribution in [0, 0.1) is 0 Å². The van der Waals surface area contributed by atoms with Crippen molar-refractivity contribution in [2.45, 2.75) is 37.6 Å². The lowest BCUT2D eigenvalue weighted by molar-refractivity contribution is -0.139. The van der Waals surface area contributed by atoms with Gasteiger partial charge < -0.3 is 10.6 Å². The molecule has 1 aliphatic carbocycles. The highest BCUT2D eigenvalue weighted by Gasteiger charge is 2.52. The molecule has 1 spiro atoms. The standard InChI is InChI=1S/C15H18N4O4S/c20-11(9-16-12(21)10-5-4-8-24-10)18-19-13(22)15(17-14(19)23)6-2-1-3-7-15/h4-5,8H,1-3,6-7,9H2,(H,16,21)(H,17,23)(H,18,20). The number of hydrazine groups is 1. The van der Waals surface area contributed by atoms with Crippen molar-refractivity contribution in [2.24, 2.45) is 0 Å². The quantitative estimate of drug-likeness (QED) is 0.697. The molecule has 1 saturated carbocycles. The van der Waals surface area contributed by atoms with Crippen LogP contribution in [-0.4, -0.2) is 40.8 Å². The van der Waals surface area contributed by atoms with Crippen molar-refractivity contribution in [2.75, 3.05) is 6.54 Å². The fraction of sp³-hybridized carbons (Fsp3) is 0.467. The molecule has 1 aromatic heterocycles. The molecule has 0 bridgehead atoms. The lowest BCUT2D eigenvalue weighted by atomic mass is 9.82. The molecule has 3 N–H and O–H groups in total. The number of urea groups is 1. The first-order valence-corrected chi connectivity index (χ1v) is 8.68. The van der Waals surface area contributed by atoms with Crippen molar-refractivity contribution < 1.29 is 19.2 Å². The first kappa shape index (κ1) is 16.4. The number of carbonyl (C=O) groups is 4. The van der Waals surface area contributed by atoms with Crippen LogP contribution in [0.25, 0.3) is 0 Å². The summed E-state index contributed by atoms with van der Waals surface area (Å²) in [5, 5.41) is 7.63. The molecule has 1 saturated heterocycles. The number of hydrogen-bond donors (Lipinski definition) is 3. The van der Waals surface area contributed by atoms with Gasteiger partial charge in [-0.05, 0) is 24.3 Å². The first-order valence-electron chi connectivity index (χ1n) is 7.80. The molecule has 2 heterocycles. The van der Waals surface area contributed by atoms with E-state index in [4.69, 9.17) is 0 Å². The van der Waals surface area contributed by atoms with Gasteiger partial charge in [0.1, 0.15) is 5.54 Å². The van der Waals surface area contributed by atoms with Crippen molar-refractivity contribution in [1.82, 2.24) is 21.1 Å². The van der Waals surface area contributed by atoms with E-state index in [1.165, 1.54) is 11.3 Å². The zero-order valence-corrected chi connectivity index (χ0v) is 13.8. The van der Waals surface area contributed by atoms with Gasteiger partial charge in [0.2, 0.25) is 0 Å². The van der Waals surface area contributed by atoms with Gasteiger partial charge in [-0.1, -0.05) is 25.3 Å². The molecule has 2 fully saturated rings. The fourth-order valence-corrected chi connectivity index (χ4v) is 3.68. The summed E-state index contributed by atoms with van der Waals surface area (Å²) in [6, 6.07) is 2.75. The number of rotatable bonds is 4. The third-order valence-corrected chi connectivity index (χ3v) is 5.13. The molecule has 3 rings (SSSR count). The van der Waals surface area contributed by atoms with Gasteiger partial charge in [0.05, 0.1) is 11.4 Å². The molecule has 128 valence electrons. The molecular weight excluding hydrogens is 332 g/mol. The van der Waals surface area contributed by atoms with Gasteiger partial charge in [-0.15, -0.1) is 11.3 Å². The average Bonchev–Trinajstić information content (AvgIpc) is 3.18. The number of hydrogen-bond acceptors (Lipinski definition) is 5. The third-order valence-electron chi connectivity index (χ3n) is 4.26. The zero-order valence-electron chi connectivity index (χ0n) is 13.0. The average molecular weight is 350 g/mol. The maximum atomic E-state index is 12.5. The Morgan fingerprint density at radius 1 is 1.25 bits per heavy atom. The molecule has 0 atom stereocenters. The summed E-state index contributed by atoms with van der Waals surface area (Å²) < 4.78 is 0. The molecule has 8 nitrogen and oxygen atoms in total. The second kappa shape index (κ2) is 6.60. The van der Waals surface area contributed by atoms with Gasteiger partial charge in [0.25, 0.3) is 17.7 Å². The Morgan fingerprint density at radius 2 is 2.00 bits per heavy atom. The SMILES string of the molecule is O=C(CNC(=O)c1cccs1)NN1C(=O)NC2(CCCCC2)C1=O. The van der Waals surface area contributed by atoms with Crippen LogP contribution in [0.2, 0.25) is 0 Å². The molecule has 1 aromatic rings. The minimum atomic E-state index is -0.886. The Kier molecular flexibility index (Phi) is 4.52. The van der Waals surface area contributed by atoms with E-state index in [-0.39, 0.29) is 12.5 Å². The number of nitrogens with one attached hydrogen (secondary N) is 3. The van der Waals surface area contributed by atoms with Crippen molar-refractivity contribution in [1.29, 1.82) is 0 Å². The van der Waals surface area contributed by atoms with Crippen molar-refractivity contribution in [3.63, 3.8) is 0 Å². The van der Waals surface area contributed by atoms with E-state index in [0.29, 0.717) is 17.7 Å². The van der Waals surface area contributed by atoms with Gasteiger partial charge in [-0.2, -0.15) is 5.01 Å². The topological polar surface area (TPSA) is 108 Å². The molecule has 0 aromatic carbocycles. The normalized spacial score (nSPS) is 19.2. The highest BCUT2D eigenvalue weighted by molar-refractivity contribution is 7.12. The van der Waals surface area contributed by atoms with Crippen LogP contribution in [0.4, 0.5) is 4.79 Å². The Morgan fingerprint density at radius 3 is 2.67 bits per heavy atom. The van der Waals surface area contributed by atoms with Crippen molar-refractivity contribution >= 4 is 35.1 Å². The summed E-state index contributed by atoms with van der Waals surface area (Å²) in [7, 11) is 0. The largest absolute Gasteiger partial charge is 0.344 e. The van der Waals surface area contributed by atoms with E-state index in [9.17, 15) is 19.2 Å². The first-order chi connectivity index (χ1) is 11.5. The number of thiophene rings is 1. The highest BCUT2D eigenvalue weighted by atomic mass is 32.1. The Balaban J connectivity index is 1.55. The van der Waals surface area contributed by atoms with E-state index < -0.39 is 23.4 Å². The lowest BCUT2D eigenvalue weighted by Gasteiger charge is -2.30. The van der Waals surface area contributed by atoms with Crippen LogP contribution in [-0.2, 0) is 9.59 Å². The number of carbonyl (C=O) groups excluding carboxylic acids is 4. The lowest BCUT2D eigenvalue weighted by Crippen LogP contribution is -2.52. The maximum Gasteiger partial charge on any atom is 0.344 e. The molecule has 0 unspecified atom stereocenters. The molecule has 9 heteroatoms. The van der Waals surface area contributed by atoms with E-state index >= 15 is 0 Å². The summed E-state index contributed by atoms with van der Waals surface area (Å²) in [6.45, 7) is -0.319. The van der Waals surface area contributed by atoms with Gasteiger partial charge in [-0.3, -0.25) is 19.8 Å². The smallest absolute Gasteiger partial charge is 0.342 e. The Bertz CT molecular complexity index is 667.